The van der Waals surface area contributed by atoms with Crippen LogP contribution in [-0.2, 0) is 6.54 Å². The summed E-state index contributed by atoms with van der Waals surface area (Å²) in [6.45, 7) is 0.679. The van der Waals surface area contributed by atoms with Gasteiger partial charge in [-0.25, -0.2) is 0 Å². The molecule has 4 heteroatoms. The Bertz CT molecular complexity index is 511. The molecule has 0 aromatic heterocycles. The van der Waals surface area contributed by atoms with Gasteiger partial charge in [-0.05, 0) is 35.9 Å². The van der Waals surface area contributed by atoms with E-state index in [0.717, 1.165) is 16.3 Å². The van der Waals surface area contributed by atoms with Gasteiger partial charge in [-0.1, -0.05) is 35.3 Å². The van der Waals surface area contributed by atoms with Crippen LogP contribution in [0.1, 0.15) is 5.56 Å². The van der Waals surface area contributed by atoms with Gasteiger partial charge in [-0.3, -0.25) is 0 Å². The van der Waals surface area contributed by atoms with Gasteiger partial charge in [-0.15, -0.1) is 0 Å². The molecule has 88 valence electrons. The van der Waals surface area contributed by atoms with E-state index in [9.17, 15) is 5.11 Å². The van der Waals surface area contributed by atoms with Crippen LogP contribution in [0.3, 0.4) is 0 Å². The maximum absolute atomic E-state index is 9.29. The SMILES string of the molecule is Oc1ccc(NCc2ccc(Cl)cc2)cc1Cl. The molecule has 0 atom stereocenters. The summed E-state index contributed by atoms with van der Waals surface area (Å²) in [4.78, 5) is 0. The van der Waals surface area contributed by atoms with Crippen molar-refractivity contribution in [3.8, 4) is 5.75 Å². The molecule has 0 aliphatic carbocycles. The highest BCUT2D eigenvalue weighted by Gasteiger charge is 1.99. The molecule has 0 fully saturated rings. The van der Waals surface area contributed by atoms with Crippen LogP contribution < -0.4 is 5.32 Å². The van der Waals surface area contributed by atoms with E-state index >= 15 is 0 Å². The fraction of sp³-hybridized carbons (Fsp3) is 0.0769. The van der Waals surface area contributed by atoms with E-state index in [1.807, 2.05) is 24.3 Å². The first kappa shape index (κ1) is 12.1. The fourth-order valence-corrected chi connectivity index (χ4v) is 1.73. The summed E-state index contributed by atoms with van der Waals surface area (Å²) in [7, 11) is 0. The molecule has 0 aliphatic heterocycles. The van der Waals surface area contributed by atoms with Gasteiger partial charge in [0.2, 0.25) is 0 Å². The summed E-state index contributed by atoms with van der Waals surface area (Å²) >= 11 is 11.6. The Hall–Kier alpha value is -1.38. The standard InChI is InChI=1S/C13H11Cl2NO/c14-10-3-1-9(2-4-10)8-16-11-5-6-13(17)12(15)7-11/h1-7,16-17H,8H2. The van der Waals surface area contributed by atoms with Gasteiger partial charge in [0.05, 0.1) is 5.02 Å². The lowest BCUT2D eigenvalue weighted by Crippen LogP contribution is -1.98. The van der Waals surface area contributed by atoms with Crippen molar-refractivity contribution in [1.29, 1.82) is 0 Å². The number of phenolic OH excluding ortho intramolecular Hbond substituents is 1. The Kier molecular flexibility index (Phi) is 3.77. The van der Waals surface area contributed by atoms with E-state index < -0.39 is 0 Å². The van der Waals surface area contributed by atoms with E-state index in [1.54, 1.807) is 18.2 Å². The highest BCUT2D eigenvalue weighted by molar-refractivity contribution is 6.32. The minimum Gasteiger partial charge on any atom is -0.506 e. The average molecular weight is 268 g/mol. The summed E-state index contributed by atoms with van der Waals surface area (Å²) in [5, 5.41) is 13.6. The van der Waals surface area contributed by atoms with Gasteiger partial charge in [0.1, 0.15) is 5.75 Å². The zero-order valence-electron chi connectivity index (χ0n) is 8.95. The van der Waals surface area contributed by atoms with Crippen molar-refractivity contribution >= 4 is 28.9 Å². The second kappa shape index (κ2) is 5.30. The number of benzene rings is 2. The van der Waals surface area contributed by atoms with E-state index in [1.165, 1.54) is 0 Å². The Labute approximate surface area is 110 Å². The van der Waals surface area contributed by atoms with Gasteiger partial charge < -0.3 is 10.4 Å². The van der Waals surface area contributed by atoms with Crippen molar-refractivity contribution in [2.75, 3.05) is 5.32 Å². The molecular formula is C13H11Cl2NO. The van der Waals surface area contributed by atoms with Gasteiger partial charge in [0, 0.05) is 17.3 Å². The summed E-state index contributed by atoms with van der Waals surface area (Å²) in [6.07, 6.45) is 0. The number of phenols is 1. The van der Waals surface area contributed by atoms with Crippen LogP contribution in [0.15, 0.2) is 42.5 Å². The van der Waals surface area contributed by atoms with Gasteiger partial charge in [0.25, 0.3) is 0 Å². The summed E-state index contributed by atoms with van der Waals surface area (Å²) in [6, 6.07) is 12.6. The van der Waals surface area contributed by atoms with Crippen molar-refractivity contribution < 1.29 is 5.11 Å². The van der Waals surface area contributed by atoms with Crippen LogP contribution in [0.2, 0.25) is 10.0 Å². The fourth-order valence-electron chi connectivity index (χ4n) is 1.42. The topological polar surface area (TPSA) is 32.3 Å². The largest absolute Gasteiger partial charge is 0.506 e. The smallest absolute Gasteiger partial charge is 0.134 e. The molecule has 0 heterocycles. The lowest BCUT2D eigenvalue weighted by atomic mass is 10.2. The summed E-state index contributed by atoms with van der Waals surface area (Å²) in [5.41, 5.74) is 1.99. The highest BCUT2D eigenvalue weighted by atomic mass is 35.5. The molecule has 0 spiro atoms. The zero-order chi connectivity index (χ0) is 12.3. The van der Waals surface area contributed by atoms with Crippen molar-refractivity contribution in [3.05, 3.63) is 58.1 Å². The lowest BCUT2D eigenvalue weighted by Gasteiger charge is -2.07. The highest BCUT2D eigenvalue weighted by Crippen LogP contribution is 2.26. The second-order valence-electron chi connectivity index (χ2n) is 3.65. The number of rotatable bonds is 3. The molecule has 0 aliphatic rings. The molecule has 0 bridgehead atoms. The number of halogens is 2. The van der Waals surface area contributed by atoms with E-state index in [2.05, 4.69) is 5.32 Å². The molecule has 0 saturated carbocycles. The second-order valence-corrected chi connectivity index (χ2v) is 4.49. The third kappa shape index (κ3) is 3.29. The van der Waals surface area contributed by atoms with Crippen molar-refractivity contribution in [1.82, 2.24) is 0 Å². The van der Waals surface area contributed by atoms with Crippen molar-refractivity contribution in [3.63, 3.8) is 0 Å². The summed E-state index contributed by atoms with van der Waals surface area (Å²) in [5.74, 6) is 0.0868. The molecule has 0 radical (unpaired) electrons. The summed E-state index contributed by atoms with van der Waals surface area (Å²) < 4.78 is 0. The monoisotopic (exact) mass is 267 g/mol. The molecule has 2 aromatic rings. The van der Waals surface area contributed by atoms with Gasteiger partial charge >= 0.3 is 0 Å². The number of nitrogens with one attached hydrogen (secondary N) is 1. The minimum atomic E-state index is 0.0868. The van der Waals surface area contributed by atoms with Gasteiger partial charge in [0.15, 0.2) is 0 Å². The quantitative estimate of drug-likeness (QED) is 0.813. The third-order valence-electron chi connectivity index (χ3n) is 2.36. The van der Waals surface area contributed by atoms with Gasteiger partial charge in [-0.2, -0.15) is 0 Å². The average Bonchev–Trinajstić information content (AvgIpc) is 2.33. The maximum atomic E-state index is 9.29. The first-order valence-corrected chi connectivity index (χ1v) is 5.87. The maximum Gasteiger partial charge on any atom is 0.134 e. The molecule has 2 rings (SSSR count). The normalized spacial score (nSPS) is 10.2. The molecule has 0 unspecified atom stereocenters. The molecular weight excluding hydrogens is 257 g/mol. The molecule has 17 heavy (non-hydrogen) atoms. The van der Waals surface area contributed by atoms with E-state index in [0.29, 0.717) is 11.6 Å². The van der Waals surface area contributed by atoms with Crippen molar-refractivity contribution in [2.24, 2.45) is 0 Å². The van der Waals surface area contributed by atoms with E-state index in [-0.39, 0.29) is 5.75 Å². The van der Waals surface area contributed by atoms with Crippen LogP contribution >= 0.6 is 23.2 Å². The predicted octanol–water partition coefficient (Wildman–Crippen LogP) is 4.31. The Balaban J connectivity index is 2.02. The molecule has 0 saturated heterocycles. The van der Waals surface area contributed by atoms with E-state index in [4.69, 9.17) is 23.2 Å². The Morgan fingerprint density at radius 3 is 2.35 bits per heavy atom. The van der Waals surface area contributed by atoms with Crippen LogP contribution in [0.4, 0.5) is 5.69 Å². The molecule has 2 aromatic carbocycles. The number of hydrogen-bond donors (Lipinski definition) is 2. The van der Waals surface area contributed by atoms with Crippen LogP contribution in [0, 0.1) is 0 Å². The van der Waals surface area contributed by atoms with Crippen molar-refractivity contribution in [2.45, 2.75) is 6.54 Å². The first-order chi connectivity index (χ1) is 8.15. The first-order valence-electron chi connectivity index (χ1n) is 5.12. The zero-order valence-corrected chi connectivity index (χ0v) is 10.5. The molecule has 0 amide bonds. The molecule has 2 N–H and O–H groups in total. The van der Waals surface area contributed by atoms with Crippen LogP contribution in [-0.4, -0.2) is 5.11 Å². The lowest BCUT2D eigenvalue weighted by molar-refractivity contribution is 0.475. The van der Waals surface area contributed by atoms with Crippen LogP contribution in [0.25, 0.3) is 0 Å². The molecule has 2 nitrogen and oxygen atoms in total. The van der Waals surface area contributed by atoms with Crippen LogP contribution in [0.5, 0.6) is 5.75 Å². The minimum absolute atomic E-state index is 0.0868. The number of anilines is 1. The predicted molar refractivity (Wildman–Crippen MR) is 71.9 cm³/mol. The third-order valence-corrected chi connectivity index (χ3v) is 2.91. The number of hydrogen-bond acceptors (Lipinski definition) is 2. The Morgan fingerprint density at radius 1 is 1.00 bits per heavy atom. The number of aromatic hydroxyl groups is 1. The Morgan fingerprint density at radius 2 is 1.71 bits per heavy atom.